The standard InChI is InChI=1S/C13H17ClO2/c1-9(15)12-8-10(14)6-7-13(12)16-11-4-2-3-5-11/h6-9,11,15H,2-5H2,1H3. The minimum Gasteiger partial charge on any atom is -0.490 e. The zero-order chi connectivity index (χ0) is 11.5. The summed E-state index contributed by atoms with van der Waals surface area (Å²) in [7, 11) is 0. The van der Waals surface area contributed by atoms with Crippen LogP contribution in [0.25, 0.3) is 0 Å². The number of aliphatic hydroxyl groups excluding tert-OH is 1. The van der Waals surface area contributed by atoms with Gasteiger partial charge in [0.2, 0.25) is 0 Å². The Morgan fingerprint density at radius 2 is 2.06 bits per heavy atom. The molecule has 1 aromatic rings. The largest absolute Gasteiger partial charge is 0.490 e. The zero-order valence-corrected chi connectivity index (χ0v) is 10.2. The van der Waals surface area contributed by atoms with Crippen molar-refractivity contribution in [3.05, 3.63) is 28.8 Å². The van der Waals surface area contributed by atoms with Crippen molar-refractivity contribution in [2.45, 2.75) is 44.8 Å². The van der Waals surface area contributed by atoms with Gasteiger partial charge in [-0.05, 0) is 50.8 Å². The summed E-state index contributed by atoms with van der Waals surface area (Å²) in [5, 5.41) is 10.3. The predicted molar refractivity (Wildman–Crippen MR) is 65.0 cm³/mol. The molecule has 0 spiro atoms. The molecule has 1 aromatic carbocycles. The topological polar surface area (TPSA) is 29.5 Å². The molecule has 0 saturated heterocycles. The highest BCUT2D eigenvalue weighted by Crippen LogP contribution is 2.31. The first-order valence-corrected chi connectivity index (χ1v) is 6.19. The van der Waals surface area contributed by atoms with Gasteiger partial charge in [-0.2, -0.15) is 0 Å². The first-order chi connectivity index (χ1) is 7.66. The van der Waals surface area contributed by atoms with E-state index in [-0.39, 0.29) is 0 Å². The van der Waals surface area contributed by atoms with Gasteiger partial charge in [-0.25, -0.2) is 0 Å². The molecule has 0 aromatic heterocycles. The Labute approximate surface area is 101 Å². The first kappa shape index (κ1) is 11.7. The third-order valence-corrected chi connectivity index (χ3v) is 3.25. The fourth-order valence-corrected chi connectivity index (χ4v) is 2.32. The Bertz CT molecular complexity index is 357. The van der Waals surface area contributed by atoms with Crippen molar-refractivity contribution in [1.82, 2.24) is 0 Å². The molecule has 0 radical (unpaired) electrons. The Hall–Kier alpha value is -0.730. The summed E-state index contributed by atoms with van der Waals surface area (Å²) in [5.74, 6) is 0.770. The number of rotatable bonds is 3. The highest BCUT2D eigenvalue weighted by Gasteiger charge is 2.19. The van der Waals surface area contributed by atoms with Crippen LogP contribution in [-0.4, -0.2) is 11.2 Å². The molecule has 88 valence electrons. The van der Waals surface area contributed by atoms with Gasteiger partial charge in [-0.1, -0.05) is 11.6 Å². The summed E-state index contributed by atoms with van der Waals surface area (Å²) in [6.07, 6.45) is 4.46. The van der Waals surface area contributed by atoms with Crippen LogP contribution in [0.3, 0.4) is 0 Å². The van der Waals surface area contributed by atoms with Gasteiger partial charge in [0.15, 0.2) is 0 Å². The molecule has 2 nitrogen and oxygen atoms in total. The smallest absolute Gasteiger partial charge is 0.125 e. The second kappa shape index (κ2) is 5.07. The minimum atomic E-state index is -0.546. The minimum absolute atomic E-state index is 0.304. The normalized spacial score (nSPS) is 18.7. The van der Waals surface area contributed by atoms with Crippen LogP contribution in [0.4, 0.5) is 0 Å². The van der Waals surface area contributed by atoms with Gasteiger partial charge in [-0.15, -0.1) is 0 Å². The molecule has 0 aliphatic heterocycles. The van der Waals surface area contributed by atoms with E-state index in [0.717, 1.165) is 24.2 Å². The van der Waals surface area contributed by atoms with Crippen molar-refractivity contribution in [2.75, 3.05) is 0 Å². The molecule has 1 atom stereocenters. The summed E-state index contributed by atoms with van der Waals surface area (Å²) in [6.45, 7) is 1.73. The van der Waals surface area contributed by atoms with Crippen LogP contribution in [0.2, 0.25) is 5.02 Å². The third kappa shape index (κ3) is 2.69. The number of hydrogen-bond donors (Lipinski definition) is 1. The molecule has 0 amide bonds. The molecule has 1 N–H and O–H groups in total. The summed E-state index contributed by atoms with van der Waals surface area (Å²) in [6, 6.07) is 5.43. The van der Waals surface area contributed by atoms with Crippen LogP contribution in [0, 0.1) is 0 Å². The molecule has 0 bridgehead atoms. The number of ether oxygens (including phenoxy) is 1. The van der Waals surface area contributed by atoms with E-state index in [4.69, 9.17) is 16.3 Å². The lowest BCUT2D eigenvalue weighted by Crippen LogP contribution is -2.12. The number of benzene rings is 1. The summed E-state index contributed by atoms with van der Waals surface area (Å²) >= 11 is 5.91. The van der Waals surface area contributed by atoms with Crippen LogP contribution in [0.15, 0.2) is 18.2 Å². The highest BCUT2D eigenvalue weighted by atomic mass is 35.5. The third-order valence-electron chi connectivity index (χ3n) is 3.02. The summed E-state index contributed by atoms with van der Waals surface area (Å²) in [5.41, 5.74) is 0.777. The fourth-order valence-electron chi connectivity index (χ4n) is 2.14. The quantitative estimate of drug-likeness (QED) is 0.873. The van der Waals surface area contributed by atoms with Crippen molar-refractivity contribution in [2.24, 2.45) is 0 Å². The van der Waals surface area contributed by atoms with Gasteiger partial charge in [0.25, 0.3) is 0 Å². The Morgan fingerprint density at radius 1 is 1.38 bits per heavy atom. The summed E-state index contributed by atoms with van der Waals surface area (Å²) < 4.78 is 5.90. The molecule has 1 aliphatic rings. The van der Waals surface area contributed by atoms with E-state index in [1.807, 2.05) is 6.07 Å². The van der Waals surface area contributed by atoms with Gasteiger partial charge in [0.05, 0.1) is 12.2 Å². The molecule has 3 heteroatoms. The van der Waals surface area contributed by atoms with Crippen LogP contribution >= 0.6 is 11.6 Å². The predicted octanol–water partition coefficient (Wildman–Crippen LogP) is 3.71. The van der Waals surface area contributed by atoms with Gasteiger partial charge in [-0.3, -0.25) is 0 Å². The lowest BCUT2D eigenvalue weighted by molar-refractivity contribution is 0.174. The van der Waals surface area contributed by atoms with Crippen molar-refractivity contribution in [1.29, 1.82) is 0 Å². The second-order valence-electron chi connectivity index (χ2n) is 4.38. The van der Waals surface area contributed by atoms with Crippen molar-refractivity contribution in [3.8, 4) is 5.75 Å². The zero-order valence-electron chi connectivity index (χ0n) is 9.45. The molecule has 0 heterocycles. The van der Waals surface area contributed by atoms with E-state index < -0.39 is 6.10 Å². The molecule has 1 saturated carbocycles. The van der Waals surface area contributed by atoms with E-state index in [1.54, 1.807) is 19.1 Å². The number of hydrogen-bond acceptors (Lipinski definition) is 2. The maximum Gasteiger partial charge on any atom is 0.125 e. The van der Waals surface area contributed by atoms with E-state index >= 15 is 0 Å². The summed E-state index contributed by atoms with van der Waals surface area (Å²) in [4.78, 5) is 0. The number of aliphatic hydroxyl groups is 1. The van der Waals surface area contributed by atoms with E-state index in [2.05, 4.69) is 0 Å². The van der Waals surface area contributed by atoms with E-state index in [1.165, 1.54) is 12.8 Å². The molecule has 2 rings (SSSR count). The van der Waals surface area contributed by atoms with Crippen molar-refractivity contribution in [3.63, 3.8) is 0 Å². The Balaban J connectivity index is 2.18. The molecular weight excluding hydrogens is 224 g/mol. The average molecular weight is 241 g/mol. The Morgan fingerprint density at radius 3 is 2.69 bits per heavy atom. The van der Waals surface area contributed by atoms with Crippen LogP contribution < -0.4 is 4.74 Å². The van der Waals surface area contributed by atoms with Crippen molar-refractivity contribution < 1.29 is 9.84 Å². The van der Waals surface area contributed by atoms with Gasteiger partial charge < -0.3 is 9.84 Å². The van der Waals surface area contributed by atoms with E-state index in [9.17, 15) is 5.11 Å². The van der Waals surface area contributed by atoms with Crippen LogP contribution in [0.5, 0.6) is 5.75 Å². The van der Waals surface area contributed by atoms with Crippen LogP contribution in [-0.2, 0) is 0 Å². The average Bonchev–Trinajstić information content (AvgIpc) is 2.73. The van der Waals surface area contributed by atoms with Gasteiger partial charge in [0, 0.05) is 10.6 Å². The molecule has 1 unspecified atom stereocenters. The van der Waals surface area contributed by atoms with Crippen molar-refractivity contribution >= 4 is 11.6 Å². The maximum atomic E-state index is 9.66. The van der Waals surface area contributed by atoms with Gasteiger partial charge >= 0.3 is 0 Å². The molecule has 16 heavy (non-hydrogen) atoms. The highest BCUT2D eigenvalue weighted by molar-refractivity contribution is 6.30. The fraction of sp³-hybridized carbons (Fsp3) is 0.538. The lowest BCUT2D eigenvalue weighted by atomic mass is 10.1. The lowest BCUT2D eigenvalue weighted by Gasteiger charge is -2.18. The molecule has 1 fully saturated rings. The maximum absolute atomic E-state index is 9.66. The van der Waals surface area contributed by atoms with E-state index in [0.29, 0.717) is 11.1 Å². The van der Waals surface area contributed by atoms with Gasteiger partial charge in [0.1, 0.15) is 5.75 Å². The van der Waals surface area contributed by atoms with Crippen LogP contribution in [0.1, 0.15) is 44.3 Å². The molecular formula is C13H17ClO2. The first-order valence-electron chi connectivity index (χ1n) is 5.81. The molecule has 1 aliphatic carbocycles. The SMILES string of the molecule is CC(O)c1cc(Cl)ccc1OC1CCCC1. The second-order valence-corrected chi connectivity index (χ2v) is 4.82. The number of halogens is 1. The monoisotopic (exact) mass is 240 g/mol. The Kier molecular flexibility index (Phi) is 3.72.